The van der Waals surface area contributed by atoms with Crippen molar-refractivity contribution >= 4 is 0 Å². The molecule has 3 heteroatoms. The first-order valence-electron chi connectivity index (χ1n) is 5.31. The highest BCUT2D eigenvalue weighted by molar-refractivity contribution is 5.54. The van der Waals surface area contributed by atoms with Crippen LogP contribution in [0.5, 0.6) is 11.8 Å². The van der Waals surface area contributed by atoms with Crippen LogP contribution in [0.15, 0.2) is 0 Å². The predicted octanol–water partition coefficient (Wildman–Crippen LogP) is 1.90. The fourth-order valence-corrected chi connectivity index (χ4v) is 3.18. The van der Waals surface area contributed by atoms with Crippen LogP contribution in [0.25, 0.3) is 0 Å². The van der Waals surface area contributed by atoms with Gasteiger partial charge in [-0.2, -0.15) is 0 Å². The molecule has 2 aliphatic rings. The largest absolute Gasteiger partial charge is 0.494 e. The molecule has 2 bridgehead atoms. The van der Waals surface area contributed by atoms with E-state index in [0.717, 1.165) is 30.4 Å². The second-order valence-corrected chi connectivity index (χ2v) is 4.47. The maximum absolute atomic E-state index is 9.99. The normalized spacial score (nSPS) is 26.6. The third kappa shape index (κ3) is 0.918. The zero-order chi connectivity index (χ0) is 10.6. The van der Waals surface area contributed by atoms with Crippen LogP contribution in [-0.2, 0) is 6.54 Å². The molecule has 1 heterocycles. The number of aromatic hydroxyl groups is 2. The van der Waals surface area contributed by atoms with Crippen molar-refractivity contribution in [3.8, 4) is 24.1 Å². The number of rotatable bonds is 1. The van der Waals surface area contributed by atoms with Crippen molar-refractivity contribution in [2.75, 3.05) is 0 Å². The molecule has 78 valence electrons. The molecule has 1 aromatic heterocycles. The quantitative estimate of drug-likeness (QED) is 0.685. The average Bonchev–Trinajstić information content (AvgIpc) is 2.87. The Morgan fingerprint density at radius 2 is 1.73 bits per heavy atom. The lowest BCUT2D eigenvalue weighted by Gasteiger charge is -2.09. The number of aromatic nitrogens is 1. The first-order valence-corrected chi connectivity index (χ1v) is 5.31. The van der Waals surface area contributed by atoms with Crippen molar-refractivity contribution in [1.29, 1.82) is 0 Å². The second-order valence-electron chi connectivity index (χ2n) is 4.47. The van der Waals surface area contributed by atoms with Crippen molar-refractivity contribution in [2.45, 2.75) is 37.6 Å². The minimum Gasteiger partial charge on any atom is -0.494 e. The molecule has 2 N–H and O–H groups in total. The molecule has 0 saturated heterocycles. The van der Waals surface area contributed by atoms with Crippen LogP contribution >= 0.6 is 0 Å². The van der Waals surface area contributed by atoms with Crippen LogP contribution in [0.1, 0.15) is 42.2 Å². The average molecular weight is 203 g/mol. The van der Waals surface area contributed by atoms with Gasteiger partial charge in [-0.25, -0.2) is 0 Å². The van der Waals surface area contributed by atoms with Crippen molar-refractivity contribution in [1.82, 2.24) is 4.57 Å². The fraction of sp³-hybridized carbons (Fsp3) is 0.500. The summed E-state index contributed by atoms with van der Waals surface area (Å²) in [6, 6.07) is 0. The SMILES string of the molecule is C#CCn1c(O)c2c(c1O)C1CCC2C1. The molecule has 15 heavy (non-hydrogen) atoms. The Hall–Kier alpha value is -1.56. The summed E-state index contributed by atoms with van der Waals surface area (Å²) >= 11 is 0. The molecule has 2 unspecified atom stereocenters. The number of fused-ring (bicyclic) bond motifs is 5. The molecular formula is C12H13NO2. The molecule has 2 atom stereocenters. The maximum Gasteiger partial charge on any atom is 0.198 e. The highest BCUT2D eigenvalue weighted by Crippen LogP contribution is 2.59. The van der Waals surface area contributed by atoms with E-state index in [1.807, 2.05) is 0 Å². The molecule has 1 aromatic rings. The van der Waals surface area contributed by atoms with Gasteiger partial charge < -0.3 is 10.2 Å². The van der Waals surface area contributed by atoms with Gasteiger partial charge in [0.05, 0.1) is 6.54 Å². The molecule has 0 spiro atoms. The first kappa shape index (κ1) is 8.72. The van der Waals surface area contributed by atoms with Gasteiger partial charge in [-0.05, 0) is 31.1 Å². The van der Waals surface area contributed by atoms with Crippen LogP contribution in [0.2, 0.25) is 0 Å². The molecule has 0 amide bonds. The maximum atomic E-state index is 9.99. The summed E-state index contributed by atoms with van der Waals surface area (Å²) in [4.78, 5) is 0. The zero-order valence-electron chi connectivity index (χ0n) is 8.40. The van der Waals surface area contributed by atoms with E-state index >= 15 is 0 Å². The Balaban J connectivity index is 2.20. The van der Waals surface area contributed by atoms with E-state index in [9.17, 15) is 10.2 Å². The number of hydrogen-bond acceptors (Lipinski definition) is 2. The van der Waals surface area contributed by atoms with Crippen LogP contribution in [0.3, 0.4) is 0 Å². The summed E-state index contributed by atoms with van der Waals surface area (Å²) in [5.74, 6) is 3.70. The molecule has 0 aromatic carbocycles. The Morgan fingerprint density at radius 3 is 2.20 bits per heavy atom. The van der Waals surface area contributed by atoms with E-state index in [-0.39, 0.29) is 18.3 Å². The number of hydrogen-bond donors (Lipinski definition) is 2. The third-order valence-corrected chi connectivity index (χ3v) is 3.78. The van der Waals surface area contributed by atoms with Gasteiger partial charge in [0.2, 0.25) is 0 Å². The minimum absolute atomic E-state index is 0.188. The third-order valence-electron chi connectivity index (χ3n) is 3.78. The van der Waals surface area contributed by atoms with E-state index in [4.69, 9.17) is 6.42 Å². The van der Waals surface area contributed by atoms with Crippen LogP contribution < -0.4 is 0 Å². The molecule has 1 saturated carbocycles. The van der Waals surface area contributed by atoms with Crippen molar-refractivity contribution in [3.63, 3.8) is 0 Å². The minimum atomic E-state index is 0.188. The first-order chi connectivity index (χ1) is 7.24. The molecule has 1 fully saturated rings. The predicted molar refractivity (Wildman–Crippen MR) is 55.9 cm³/mol. The van der Waals surface area contributed by atoms with Crippen LogP contribution in [-0.4, -0.2) is 14.8 Å². The van der Waals surface area contributed by atoms with E-state index in [2.05, 4.69) is 5.92 Å². The monoisotopic (exact) mass is 203 g/mol. The van der Waals surface area contributed by atoms with E-state index in [0.29, 0.717) is 11.8 Å². The zero-order valence-corrected chi connectivity index (χ0v) is 8.40. The summed E-state index contributed by atoms with van der Waals surface area (Å²) in [5, 5.41) is 20.0. The Kier molecular flexibility index (Phi) is 1.59. The molecule has 0 aliphatic heterocycles. The summed E-state index contributed by atoms with van der Waals surface area (Å²) in [5.41, 5.74) is 1.91. The Morgan fingerprint density at radius 1 is 1.20 bits per heavy atom. The lowest BCUT2D eigenvalue weighted by atomic mass is 9.95. The smallest absolute Gasteiger partial charge is 0.198 e. The molecule has 2 aliphatic carbocycles. The van der Waals surface area contributed by atoms with Crippen LogP contribution in [0, 0.1) is 12.3 Å². The van der Waals surface area contributed by atoms with Gasteiger partial charge in [-0.1, -0.05) is 5.92 Å². The van der Waals surface area contributed by atoms with Gasteiger partial charge in [0.25, 0.3) is 0 Å². The highest BCUT2D eigenvalue weighted by Gasteiger charge is 2.43. The van der Waals surface area contributed by atoms with E-state index < -0.39 is 0 Å². The summed E-state index contributed by atoms with van der Waals surface area (Å²) in [7, 11) is 0. The second kappa shape index (κ2) is 2.73. The molecule has 0 radical (unpaired) electrons. The van der Waals surface area contributed by atoms with E-state index in [1.165, 1.54) is 4.57 Å². The van der Waals surface area contributed by atoms with Crippen molar-refractivity contribution in [3.05, 3.63) is 11.1 Å². The molecule has 3 rings (SSSR count). The lowest BCUT2D eigenvalue weighted by molar-refractivity contribution is 0.373. The number of nitrogens with zero attached hydrogens (tertiary/aromatic N) is 1. The van der Waals surface area contributed by atoms with E-state index in [1.54, 1.807) is 0 Å². The summed E-state index contributed by atoms with van der Waals surface area (Å²) in [6.07, 6.45) is 8.55. The standard InChI is InChI=1S/C12H13NO2/c1-2-5-13-11(14)9-7-3-4-8(6-7)10(9)12(13)15/h1,7-8,14-15H,3-6H2. The van der Waals surface area contributed by atoms with Gasteiger partial charge in [-0.3, -0.25) is 4.57 Å². The topological polar surface area (TPSA) is 45.4 Å². The fourth-order valence-electron chi connectivity index (χ4n) is 3.18. The van der Waals surface area contributed by atoms with Gasteiger partial charge >= 0.3 is 0 Å². The highest BCUT2D eigenvalue weighted by atomic mass is 16.3. The summed E-state index contributed by atoms with van der Waals surface area (Å²) in [6.45, 7) is 0.240. The van der Waals surface area contributed by atoms with Gasteiger partial charge in [-0.15, -0.1) is 6.42 Å². The van der Waals surface area contributed by atoms with Gasteiger partial charge in [0, 0.05) is 11.1 Å². The molecular weight excluding hydrogens is 190 g/mol. The van der Waals surface area contributed by atoms with Crippen molar-refractivity contribution in [2.24, 2.45) is 0 Å². The Bertz CT molecular complexity index is 433. The lowest BCUT2D eigenvalue weighted by Crippen LogP contribution is -1.96. The summed E-state index contributed by atoms with van der Waals surface area (Å²) < 4.78 is 1.44. The van der Waals surface area contributed by atoms with Crippen LogP contribution in [0.4, 0.5) is 0 Å². The number of terminal acetylenes is 1. The molecule has 3 nitrogen and oxygen atoms in total. The van der Waals surface area contributed by atoms with Gasteiger partial charge in [0.15, 0.2) is 11.8 Å². The van der Waals surface area contributed by atoms with Gasteiger partial charge in [0.1, 0.15) is 0 Å². The Labute approximate surface area is 88.3 Å². The van der Waals surface area contributed by atoms with Crippen molar-refractivity contribution < 1.29 is 10.2 Å².